The first-order valence-corrected chi connectivity index (χ1v) is 15.6. The standard InChI is InChI=1S/C35H36N4O4S/c1-35(2,3)44(42)39-22-28-19-30(34(41)37-21-24-10-14-29(43-4)15-11-24)38-33(32(28)31(39)16-17-40)27-7-5-6-26(18-27)25-12-8-23(20-36)9-13-25/h5-15,18-19,31,40H,16-17,21-22H2,1-4H3,(H,37,41)/t31-,44?/m1/s1. The second-order valence-corrected chi connectivity index (χ2v) is 13.9. The summed E-state index contributed by atoms with van der Waals surface area (Å²) in [6, 6.07) is 26.4. The number of nitrogens with zero attached hydrogens (tertiary/aromatic N) is 3. The van der Waals surface area contributed by atoms with Gasteiger partial charge in [-0.3, -0.25) is 4.79 Å². The van der Waals surface area contributed by atoms with Crippen molar-refractivity contribution in [2.75, 3.05) is 13.7 Å². The van der Waals surface area contributed by atoms with E-state index in [0.717, 1.165) is 39.1 Å². The maximum Gasteiger partial charge on any atom is 0.270 e. The topological polar surface area (TPSA) is 122 Å². The Morgan fingerprint density at radius 3 is 2.43 bits per heavy atom. The summed E-state index contributed by atoms with van der Waals surface area (Å²) in [4.78, 5) is 18.4. The Morgan fingerprint density at radius 1 is 1.09 bits per heavy atom. The predicted octanol–water partition coefficient (Wildman–Crippen LogP) is 5.93. The Kier molecular flexibility index (Phi) is 9.37. The van der Waals surface area contributed by atoms with Crippen molar-refractivity contribution in [1.82, 2.24) is 14.6 Å². The summed E-state index contributed by atoms with van der Waals surface area (Å²) in [5.41, 5.74) is 6.81. The van der Waals surface area contributed by atoms with Gasteiger partial charge >= 0.3 is 0 Å². The lowest BCUT2D eigenvalue weighted by atomic mass is 9.94. The third kappa shape index (κ3) is 6.64. The smallest absolute Gasteiger partial charge is 0.270 e. The quantitative estimate of drug-likeness (QED) is 0.226. The minimum atomic E-state index is -1.36. The highest BCUT2D eigenvalue weighted by molar-refractivity contribution is 7.90. The van der Waals surface area contributed by atoms with Crippen LogP contribution in [0.5, 0.6) is 5.75 Å². The van der Waals surface area contributed by atoms with Gasteiger partial charge in [-0.05, 0) is 85.8 Å². The number of carbonyl (C=O) groups excluding carboxylic acids is 1. The molecule has 3 aromatic carbocycles. The number of rotatable bonds is 9. The fraction of sp³-hybridized carbons (Fsp3) is 0.286. The number of fused-ring (bicyclic) bond motifs is 1. The van der Waals surface area contributed by atoms with Crippen molar-refractivity contribution in [1.29, 1.82) is 5.26 Å². The molecular weight excluding hydrogens is 572 g/mol. The van der Waals surface area contributed by atoms with Gasteiger partial charge in [0.2, 0.25) is 0 Å². The number of carbonyl (C=O) groups is 1. The monoisotopic (exact) mass is 608 g/mol. The van der Waals surface area contributed by atoms with E-state index in [1.165, 1.54) is 0 Å². The fourth-order valence-electron chi connectivity index (χ4n) is 5.41. The number of benzene rings is 3. The Morgan fingerprint density at radius 2 is 1.80 bits per heavy atom. The zero-order chi connectivity index (χ0) is 31.4. The highest BCUT2D eigenvalue weighted by Crippen LogP contribution is 2.45. The summed E-state index contributed by atoms with van der Waals surface area (Å²) in [7, 11) is 1.61. The van der Waals surface area contributed by atoms with Crippen molar-refractivity contribution < 1.29 is 19.2 Å². The highest BCUT2D eigenvalue weighted by Gasteiger charge is 2.44. The number of aliphatic hydroxyl groups excluding tert-OH is 1. The van der Waals surface area contributed by atoms with Gasteiger partial charge in [-0.15, -0.1) is 4.31 Å². The average molecular weight is 609 g/mol. The van der Waals surface area contributed by atoms with Crippen molar-refractivity contribution in [3.05, 3.63) is 107 Å². The molecule has 1 unspecified atom stereocenters. The third-order valence-electron chi connectivity index (χ3n) is 7.62. The van der Waals surface area contributed by atoms with Crippen molar-refractivity contribution in [3.8, 4) is 34.2 Å². The molecule has 1 aromatic heterocycles. The molecule has 1 amide bonds. The number of aromatic nitrogens is 1. The Labute approximate surface area is 261 Å². The van der Waals surface area contributed by atoms with E-state index < -0.39 is 16.1 Å². The van der Waals surface area contributed by atoms with Gasteiger partial charge in [-0.1, -0.05) is 42.5 Å². The summed E-state index contributed by atoms with van der Waals surface area (Å²) in [5, 5.41) is 22.3. The molecular formula is C35H36N4O4S. The zero-order valence-electron chi connectivity index (χ0n) is 25.3. The molecule has 0 spiro atoms. The van der Waals surface area contributed by atoms with Crippen molar-refractivity contribution in [3.63, 3.8) is 0 Å². The number of hydrogen-bond donors (Lipinski definition) is 2. The molecule has 1 aliphatic heterocycles. The number of amides is 1. The first-order valence-electron chi connectivity index (χ1n) is 14.5. The van der Waals surface area contributed by atoms with Crippen LogP contribution in [0.25, 0.3) is 22.4 Å². The molecule has 2 atom stereocenters. The molecule has 226 valence electrons. The van der Waals surface area contributed by atoms with E-state index in [-0.39, 0.29) is 24.2 Å². The fourth-order valence-corrected chi connectivity index (χ4v) is 6.81. The van der Waals surface area contributed by atoms with E-state index in [1.54, 1.807) is 25.3 Å². The van der Waals surface area contributed by atoms with Gasteiger partial charge in [-0.25, -0.2) is 4.98 Å². The molecule has 0 radical (unpaired) electrons. The summed E-state index contributed by atoms with van der Waals surface area (Å²) in [6.07, 6.45) is 0.377. The van der Waals surface area contributed by atoms with Crippen molar-refractivity contribution in [2.24, 2.45) is 0 Å². The number of hydrogen-bond acceptors (Lipinski definition) is 7. The molecule has 0 fully saturated rings. The van der Waals surface area contributed by atoms with Crippen LogP contribution in [0.2, 0.25) is 0 Å². The highest BCUT2D eigenvalue weighted by atomic mass is 32.2. The van der Waals surface area contributed by atoms with Crippen molar-refractivity contribution >= 4 is 17.3 Å². The van der Waals surface area contributed by atoms with E-state index in [9.17, 15) is 19.7 Å². The van der Waals surface area contributed by atoms with Gasteiger partial charge < -0.3 is 19.7 Å². The maximum atomic E-state index is 13.7. The molecule has 1 aliphatic rings. The van der Waals surface area contributed by atoms with Crippen LogP contribution in [0, 0.1) is 11.3 Å². The SMILES string of the molecule is COc1ccc(CNC(=O)c2cc3c(c(-c4cccc(-c5ccc(C#N)cc5)c4)n2)[C@@H](CCO)N([S+]([O-])C(C)(C)C)C3)cc1. The van der Waals surface area contributed by atoms with Gasteiger partial charge in [0, 0.05) is 35.6 Å². The van der Waals surface area contributed by atoms with E-state index in [1.807, 2.05) is 85.7 Å². The number of nitrogens with one attached hydrogen (secondary N) is 1. The maximum absolute atomic E-state index is 13.7. The Hall–Kier alpha value is -4.20. The minimum absolute atomic E-state index is 0.0865. The molecule has 8 nitrogen and oxygen atoms in total. The molecule has 0 saturated heterocycles. The van der Waals surface area contributed by atoms with Crippen LogP contribution in [-0.2, 0) is 24.5 Å². The lowest BCUT2D eigenvalue weighted by molar-refractivity contribution is 0.0946. The summed E-state index contributed by atoms with van der Waals surface area (Å²) < 4.78 is 20.3. The normalized spacial score (nSPS) is 15.3. The second-order valence-electron chi connectivity index (χ2n) is 11.7. The molecule has 2 N–H and O–H groups in total. The number of ether oxygens (including phenoxy) is 1. The molecule has 44 heavy (non-hydrogen) atoms. The molecule has 4 aromatic rings. The van der Waals surface area contributed by atoms with Crippen LogP contribution in [0.3, 0.4) is 0 Å². The van der Waals surface area contributed by atoms with Crippen LogP contribution < -0.4 is 10.1 Å². The molecule has 2 heterocycles. The van der Waals surface area contributed by atoms with Gasteiger partial charge in [0.1, 0.15) is 16.2 Å². The predicted molar refractivity (Wildman–Crippen MR) is 172 cm³/mol. The minimum Gasteiger partial charge on any atom is -0.597 e. The zero-order valence-corrected chi connectivity index (χ0v) is 26.1. The lowest BCUT2D eigenvalue weighted by Gasteiger charge is -2.33. The van der Waals surface area contributed by atoms with Crippen LogP contribution in [0.1, 0.15) is 66.0 Å². The largest absolute Gasteiger partial charge is 0.597 e. The summed E-state index contributed by atoms with van der Waals surface area (Å²) >= 11 is -1.36. The molecule has 0 aliphatic carbocycles. The molecule has 9 heteroatoms. The lowest BCUT2D eigenvalue weighted by Crippen LogP contribution is -2.42. The van der Waals surface area contributed by atoms with E-state index in [4.69, 9.17) is 9.72 Å². The first kappa shape index (κ1) is 31.2. The van der Waals surface area contributed by atoms with Crippen molar-refractivity contribution in [2.45, 2.75) is 51.1 Å². The molecule has 0 saturated carbocycles. The molecule has 5 rings (SSSR count). The number of methoxy groups -OCH3 is 1. The summed E-state index contributed by atoms with van der Waals surface area (Å²) in [5.74, 6) is 0.421. The number of pyridine rings is 1. The first-order chi connectivity index (χ1) is 21.1. The van der Waals surface area contributed by atoms with Crippen LogP contribution in [0.4, 0.5) is 0 Å². The Bertz CT molecular complexity index is 1680. The number of aliphatic hydroxyl groups is 1. The van der Waals surface area contributed by atoms with Gasteiger partial charge in [0.15, 0.2) is 0 Å². The third-order valence-corrected chi connectivity index (χ3v) is 9.48. The van der Waals surface area contributed by atoms with Crippen LogP contribution in [-0.4, -0.2) is 43.3 Å². The van der Waals surface area contributed by atoms with Crippen LogP contribution in [0.15, 0.2) is 78.9 Å². The Balaban J connectivity index is 1.57. The molecule has 0 bridgehead atoms. The second kappa shape index (κ2) is 13.2. The van der Waals surface area contributed by atoms with E-state index >= 15 is 0 Å². The summed E-state index contributed by atoms with van der Waals surface area (Å²) in [6.45, 7) is 6.39. The van der Waals surface area contributed by atoms with Gasteiger partial charge in [0.05, 0.1) is 37.0 Å². The van der Waals surface area contributed by atoms with Gasteiger partial charge in [0.25, 0.3) is 5.91 Å². The van der Waals surface area contributed by atoms with E-state index in [2.05, 4.69) is 11.4 Å². The van der Waals surface area contributed by atoms with E-state index in [0.29, 0.717) is 30.8 Å². The van der Waals surface area contributed by atoms with Crippen LogP contribution >= 0.6 is 0 Å². The van der Waals surface area contributed by atoms with Gasteiger partial charge in [-0.2, -0.15) is 5.26 Å². The number of nitriles is 1. The average Bonchev–Trinajstić information content (AvgIpc) is 3.40.